The first-order valence-electron chi connectivity index (χ1n) is 7.77. The van der Waals surface area contributed by atoms with E-state index in [1.807, 2.05) is 40.9 Å². The van der Waals surface area contributed by atoms with Crippen LogP contribution in [0.15, 0.2) is 40.9 Å². The van der Waals surface area contributed by atoms with Crippen LogP contribution in [0.2, 0.25) is 0 Å². The van der Waals surface area contributed by atoms with Gasteiger partial charge in [0.25, 0.3) is 5.56 Å². The predicted octanol–water partition coefficient (Wildman–Crippen LogP) is 1.21. The van der Waals surface area contributed by atoms with Gasteiger partial charge in [-0.25, -0.2) is 14.6 Å². The number of thiophene rings is 1. The highest BCUT2D eigenvalue weighted by atomic mass is 32.1. The average molecular weight is 369 g/mol. The number of fused-ring (bicyclic) bond motifs is 3. The van der Waals surface area contributed by atoms with Crippen LogP contribution in [0, 0.1) is 0 Å². The lowest BCUT2D eigenvalue weighted by Crippen LogP contribution is -2.33. The first-order chi connectivity index (χ1) is 12.5. The third kappa shape index (κ3) is 2.69. The standard InChI is InChI=1S/C16H15N7O2S/c1-21(2)16-20-22(8-14(24)19-13-3-5-17-9-18-13)15(25)11-7-12-10(23(11)16)4-6-26-12/h3-7,9H,8H2,1-2H3,(H,17,18,19,24). The van der Waals surface area contributed by atoms with E-state index in [1.165, 1.54) is 17.2 Å². The fourth-order valence-corrected chi connectivity index (χ4v) is 3.51. The van der Waals surface area contributed by atoms with Crippen LogP contribution in [0.25, 0.3) is 15.7 Å². The van der Waals surface area contributed by atoms with Gasteiger partial charge in [-0.3, -0.25) is 14.0 Å². The minimum Gasteiger partial charge on any atom is -0.347 e. The summed E-state index contributed by atoms with van der Waals surface area (Å²) in [6.07, 6.45) is 2.86. The second-order valence-corrected chi connectivity index (χ2v) is 6.78. The molecule has 4 aromatic rings. The Bertz CT molecular complexity index is 1160. The minimum atomic E-state index is -0.388. The van der Waals surface area contributed by atoms with Gasteiger partial charge in [0.15, 0.2) is 0 Å². The molecule has 1 N–H and O–H groups in total. The Hall–Kier alpha value is -3.27. The van der Waals surface area contributed by atoms with Crippen LogP contribution in [0.1, 0.15) is 0 Å². The summed E-state index contributed by atoms with van der Waals surface area (Å²) >= 11 is 1.55. The van der Waals surface area contributed by atoms with Crippen LogP contribution in [0.5, 0.6) is 0 Å². The highest BCUT2D eigenvalue weighted by molar-refractivity contribution is 7.17. The molecule has 0 radical (unpaired) electrons. The van der Waals surface area contributed by atoms with Crippen molar-refractivity contribution in [3.05, 3.63) is 46.5 Å². The molecule has 9 nitrogen and oxygen atoms in total. The van der Waals surface area contributed by atoms with E-state index in [2.05, 4.69) is 20.4 Å². The van der Waals surface area contributed by atoms with Crippen LogP contribution in [0.3, 0.4) is 0 Å². The fourth-order valence-electron chi connectivity index (χ4n) is 2.71. The van der Waals surface area contributed by atoms with Gasteiger partial charge in [0, 0.05) is 20.3 Å². The van der Waals surface area contributed by atoms with Gasteiger partial charge in [0.1, 0.15) is 24.2 Å². The van der Waals surface area contributed by atoms with Crippen LogP contribution in [-0.4, -0.2) is 44.2 Å². The van der Waals surface area contributed by atoms with Gasteiger partial charge in [0.05, 0.1) is 10.2 Å². The van der Waals surface area contributed by atoms with Gasteiger partial charge in [-0.1, -0.05) is 0 Å². The zero-order valence-corrected chi connectivity index (χ0v) is 14.9. The summed E-state index contributed by atoms with van der Waals surface area (Å²) in [6, 6.07) is 5.35. The smallest absolute Gasteiger partial charge is 0.291 e. The third-order valence-corrected chi connectivity index (χ3v) is 4.68. The molecule has 0 aromatic carbocycles. The number of aromatic nitrogens is 5. The summed E-state index contributed by atoms with van der Waals surface area (Å²) < 4.78 is 3.98. The lowest BCUT2D eigenvalue weighted by atomic mass is 10.5. The summed E-state index contributed by atoms with van der Waals surface area (Å²) in [7, 11) is 3.69. The largest absolute Gasteiger partial charge is 0.347 e. The number of amides is 1. The Kier molecular flexibility index (Phi) is 3.88. The van der Waals surface area contributed by atoms with Crippen molar-refractivity contribution in [2.24, 2.45) is 0 Å². The van der Waals surface area contributed by atoms with Crippen molar-refractivity contribution in [3.63, 3.8) is 0 Å². The highest BCUT2D eigenvalue weighted by Gasteiger charge is 2.17. The lowest BCUT2D eigenvalue weighted by Gasteiger charge is -2.16. The van der Waals surface area contributed by atoms with Crippen molar-refractivity contribution in [2.75, 3.05) is 24.3 Å². The molecule has 0 aliphatic heterocycles. The third-order valence-electron chi connectivity index (χ3n) is 3.83. The number of carbonyl (C=O) groups is 1. The van der Waals surface area contributed by atoms with Gasteiger partial charge in [-0.05, 0) is 23.6 Å². The zero-order chi connectivity index (χ0) is 18.3. The molecule has 10 heteroatoms. The fraction of sp³-hybridized carbons (Fsp3) is 0.188. The van der Waals surface area contributed by atoms with E-state index < -0.39 is 0 Å². The molecule has 4 heterocycles. The monoisotopic (exact) mass is 369 g/mol. The molecule has 0 fully saturated rings. The molecule has 0 bridgehead atoms. The molecule has 0 aliphatic carbocycles. The van der Waals surface area contributed by atoms with Crippen LogP contribution in [0.4, 0.5) is 11.8 Å². The van der Waals surface area contributed by atoms with Crippen LogP contribution in [-0.2, 0) is 11.3 Å². The maximum Gasteiger partial charge on any atom is 0.291 e. The van der Waals surface area contributed by atoms with Gasteiger partial charge in [-0.2, -0.15) is 0 Å². The minimum absolute atomic E-state index is 0.209. The second-order valence-electron chi connectivity index (χ2n) is 5.84. The normalized spacial score (nSPS) is 11.2. The molecule has 0 aliphatic rings. The SMILES string of the molecule is CN(C)c1nn(CC(=O)Nc2ccncn2)c(=O)c2cc3sccc3n12. The highest BCUT2D eigenvalue weighted by Crippen LogP contribution is 2.26. The summed E-state index contributed by atoms with van der Waals surface area (Å²) in [6.45, 7) is -0.209. The summed E-state index contributed by atoms with van der Waals surface area (Å²) in [5.74, 6) is 0.554. The topological polar surface area (TPSA) is 97.4 Å². The van der Waals surface area contributed by atoms with E-state index in [9.17, 15) is 9.59 Å². The number of nitrogens with zero attached hydrogens (tertiary/aromatic N) is 6. The number of anilines is 2. The molecule has 0 spiro atoms. The number of hydrogen-bond donors (Lipinski definition) is 1. The Morgan fingerprint density at radius 2 is 2.15 bits per heavy atom. The predicted molar refractivity (Wildman–Crippen MR) is 99.8 cm³/mol. The molecule has 4 aromatic heterocycles. The first-order valence-corrected chi connectivity index (χ1v) is 8.65. The average Bonchev–Trinajstić information content (AvgIpc) is 3.19. The molecule has 132 valence electrons. The van der Waals surface area contributed by atoms with Crippen molar-refractivity contribution in [1.29, 1.82) is 0 Å². The molecule has 1 amide bonds. The van der Waals surface area contributed by atoms with E-state index in [4.69, 9.17) is 0 Å². The molecule has 0 unspecified atom stereocenters. The molecule has 0 saturated heterocycles. The van der Waals surface area contributed by atoms with Crippen molar-refractivity contribution < 1.29 is 4.79 Å². The molecular formula is C16H15N7O2S. The Morgan fingerprint density at radius 1 is 1.31 bits per heavy atom. The van der Waals surface area contributed by atoms with Gasteiger partial charge >= 0.3 is 0 Å². The maximum absolute atomic E-state index is 12.8. The van der Waals surface area contributed by atoms with Gasteiger partial charge in [0.2, 0.25) is 11.9 Å². The molecule has 4 rings (SSSR count). The van der Waals surface area contributed by atoms with Crippen molar-refractivity contribution in [1.82, 2.24) is 24.1 Å². The lowest BCUT2D eigenvalue weighted by molar-refractivity contribution is -0.117. The van der Waals surface area contributed by atoms with Gasteiger partial charge in [-0.15, -0.1) is 16.4 Å². The molecular weight excluding hydrogens is 354 g/mol. The Labute approximate surface area is 151 Å². The number of carbonyl (C=O) groups excluding carboxylic acids is 1. The Morgan fingerprint density at radius 3 is 2.88 bits per heavy atom. The Balaban J connectivity index is 1.76. The molecule has 26 heavy (non-hydrogen) atoms. The number of hydrogen-bond acceptors (Lipinski definition) is 7. The second kappa shape index (κ2) is 6.23. The quantitative estimate of drug-likeness (QED) is 0.581. The van der Waals surface area contributed by atoms with E-state index in [-0.39, 0.29) is 18.0 Å². The number of rotatable bonds is 4. The number of nitrogens with one attached hydrogen (secondary N) is 1. The van der Waals surface area contributed by atoms with E-state index >= 15 is 0 Å². The van der Waals surface area contributed by atoms with Gasteiger partial charge < -0.3 is 10.2 Å². The first kappa shape index (κ1) is 16.2. The van der Waals surface area contributed by atoms with Crippen molar-refractivity contribution >= 4 is 44.7 Å². The van der Waals surface area contributed by atoms with E-state index in [0.717, 1.165) is 10.2 Å². The van der Waals surface area contributed by atoms with Crippen molar-refractivity contribution in [2.45, 2.75) is 6.54 Å². The summed E-state index contributed by atoms with van der Waals surface area (Å²) in [4.78, 5) is 34.6. The van der Waals surface area contributed by atoms with E-state index in [1.54, 1.807) is 17.4 Å². The van der Waals surface area contributed by atoms with E-state index in [0.29, 0.717) is 17.3 Å². The van der Waals surface area contributed by atoms with Crippen LogP contribution >= 0.6 is 11.3 Å². The van der Waals surface area contributed by atoms with Crippen LogP contribution < -0.4 is 15.8 Å². The molecule has 0 atom stereocenters. The zero-order valence-electron chi connectivity index (χ0n) is 14.1. The molecule has 0 saturated carbocycles. The maximum atomic E-state index is 12.8. The van der Waals surface area contributed by atoms with Crippen molar-refractivity contribution in [3.8, 4) is 0 Å². The summed E-state index contributed by atoms with van der Waals surface area (Å²) in [5, 5.41) is 8.98. The summed E-state index contributed by atoms with van der Waals surface area (Å²) in [5.41, 5.74) is 1.09.